The first-order valence-corrected chi connectivity index (χ1v) is 14.1. The molecule has 10 heteroatoms. The summed E-state index contributed by atoms with van der Waals surface area (Å²) >= 11 is 0. The maximum atomic E-state index is 4.83. The zero-order valence-electron chi connectivity index (χ0n) is 28.4. The van der Waals surface area contributed by atoms with Crippen molar-refractivity contribution in [1.82, 2.24) is 9.97 Å². The van der Waals surface area contributed by atoms with E-state index in [-0.39, 0.29) is 56.4 Å². The third kappa shape index (κ3) is 19.0. The van der Waals surface area contributed by atoms with E-state index in [1.54, 1.807) is 24.9 Å². The SMILES string of the molecule is C1=Nc2cccc(c2)N=Cc2cccc(n2)C=Nc2cccc(c2)N=Cc2cccc1n2.CCOCC.CCOCC.[CH3-].[CH3-].[CH3-].[Fe+2].[Fe]. The van der Waals surface area contributed by atoms with Gasteiger partial charge in [0.25, 0.3) is 0 Å². The molecule has 0 atom stereocenters. The molecule has 0 aliphatic carbocycles. The average Bonchev–Trinajstić information content (AvgIpc) is 3.03. The molecule has 2 aromatic carbocycles. The Morgan fingerprint density at radius 1 is 0.426 bits per heavy atom. The Hall–Kier alpha value is -3.62. The molecule has 1 aliphatic rings. The molecule has 4 aromatic rings. The van der Waals surface area contributed by atoms with Crippen molar-refractivity contribution in [2.24, 2.45) is 20.0 Å². The van der Waals surface area contributed by atoms with Gasteiger partial charge in [0.2, 0.25) is 0 Å². The number of hydrogen-bond acceptors (Lipinski definition) is 8. The molecule has 0 N–H and O–H groups in total. The van der Waals surface area contributed by atoms with E-state index in [4.69, 9.17) is 9.47 Å². The molecule has 0 saturated carbocycles. The predicted molar refractivity (Wildman–Crippen MR) is 194 cm³/mol. The van der Waals surface area contributed by atoms with E-state index in [0.717, 1.165) is 72.0 Å². The predicted octanol–water partition coefficient (Wildman–Crippen LogP) is 9.22. The van der Waals surface area contributed by atoms with Gasteiger partial charge in [0.05, 0.1) is 70.4 Å². The molecule has 3 heterocycles. The van der Waals surface area contributed by atoms with E-state index in [0.29, 0.717) is 0 Å². The number of fused-ring (bicyclic) bond motifs is 8. The summed E-state index contributed by atoms with van der Waals surface area (Å²) in [6.07, 6.45) is 6.94. The van der Waals surface area contributed by atoms with E-state index in [2.05, 4.69) is 29.9 Å². The van der Waals surface area contributed by atoms with Gasteiger partial charge in [0, 0.05) is 43.5 Å². The third-order valence-corrected chi connectivity index (χ3v) is 5.44. The van der Waals surface area contributed by atoms with Crippen molar-refractivity contribution in [3.63, 3.8) is 0 Å². The number of rotatable bonds is 4. The Balaban J connectivity index is -0.00000114. The normalized spacial score (nSPS) is 10.3. The molecule has 2 aromatic heterocycles. The molecule has 0 saturated heterocycles. The zero-order chi connectivity index (χ0) is 29.8. The van der Waals surface area contributed by atoms with Gasteiger partial charge in [0.1, 0.15) is 0 Å². The Kier molecular flexibility index (Phi) is 29.1. The first-order valence-electron chi connectivity index (χ1n) is 14.1. The molecule has 0 unspecified atom stereocenters. The second-order valence-electron chi connectivity index (χ2n) is 8.61. The quantitative estimate of drug-likeness (QED) is 0.137. The molecule has 1 aliphatic heterocycles. The molecular formula is C37H47Fe2N6O2-. The summed E-state index contributed by atoms with van der Waals surface area (Å²) in [7, 11) is 0. The van der Waals surface area contributed by atoms with Gasteiger partial charge in [-0.3, -0.25) is 20.0 Å². The van der Waals surface area contributed by atoms with Crippen LogP contribution in [-0.4, -0.2) is 61.3 Å². The molecule has 0 amide bonds. The van der Waals surface area contributed by atoms with Crippen LogP contribution in [0.15, 0.2) is 105 Å². The van der Waals surface area contributed by atoms with Crippen LogP contribution in [0.4, 0.5) is 22.7 Å². The summed E-state index contributed by atoms with van der Waals surface area (Å²) in [5.41, 5.74) is 6.16. The monoisotopic (exact) mass is 719 g/mol. The minimum atomic E-state index is 0. The van der Waals surface area contributed by atoms with Gasteiger partial charge in [-0.1, -0.05) is 24.3 Å². The largest absolute Gasteiger partial charge is 2.00 e. The third-order valence-electron chi connectivity index (χ3n) is 5.44. The van der Waals surface area contributed by atoms with Gasteiger partial charge in [-0.05, 0) is 88.4 Å². The number of benzene rings is 2. The first kappa shape index (κ1) is 47.8. The van der Waals surface area contributed by atoms with Crippen LogP contribution in [-0.2, 0) is 43.6 Å². The summed E-state index contributed by atoms with van der Waals surface area (Å²) in [5, 5.41) is 0. The Morgan fingerprint density at radius 3 is 0.872 bits per heavy atom. The minimum Gasteiger partial charge on any atom is -0.382 e. The van der Waals surface area contributed by atoms with Crippen molar-refractivity contribution < 1.29 is 43.6 Å². The fourth-order valence-electron chi connectivity index (χ4n) is 3.50. The summed E-state index contributed by atoms with van der Waals surface area (Å²) in [6.45, 7) is 11.3. The van der Waals surface area contributed by atoms with Crippen LogP contribution in [0.2, 0.25) is 0 Å². The number of aliphatic imine (C=N–C) groups is 4. The number of nitrogens with zero attached hydrogens (tertiary/aromatic N) is 6. The molecule has 8 bridgehead atoms. The van der Waals surface area contributed by atoms with Crippen LogP contribution in [0.3, 0.4) is 0 Å². The van der Waals surface area contributed by atoms with E-state index in [9.17, 15) is 0 Å². The molecule has 0 spiro atoms. The molecule has 0 fully saturated rings. The zero-order valence-corrected chi connectivity index (χ0v) is 30.6. The van der Waals surface area contributed by atoms with Gasteiger partial charge in [-0.15, -0.1) is 0 Å². The number of pyridine rings is 2. The van der Waals surface area contributed by atoms with Gasteiger partial charge >= 0.3 is 17.1 Å². The topological polar surface area (TPSA) is 93.7 Å². The minimum absolute atomic E-state index is 0. The van der Waals surface area contributed by atoms with Crippen molar-refractivity contribution in [3.05, 3.63) is 130 Å². The number of ether oxygens (including phenoxy) is 2. The van der Waals surface area contributed by atoms with Crippen LogP contribution in [0.25, 0.3) is 0 Å². The van der Waals surface area contributed by atoms with Gasteiger partial charge in [-0.2, -0.15) is 0 Å². The van der Waals surface area contributed by atoms with Crippen molar-refractivity contribution in [2.45, 2.75) is 27.7 Å². The molecule has 47 heavy (non-hydrogen) atoms. The van der Waals surface area contributed by atoms with E-state index >= 15 is 0 Å². The van der Waals surface area contributed by atoms with Crippen molar-refractivity contribution >= 4 is 47.6 Å². The second-order valence-corrected chi connectivity index (χ2v) is 8.61. The Morgan fingerprint density at radius 2 is 0.660 bits per heavy atom. The number of hydrogen-bond donors (Lipinski definition) is 0. The van der Waals surface area contributed by atoms with Gasteiger partial charge in [-0.25, -0.2) is 9.97 Å². The summed E-state index contributed by atoms with van der Waals surface area (Å²) < 4.78 is 9.67. The summed E-state index contributed by atoms with van der Waals surface area (Å²) in [4.78, 5) is 27.4. The second kappa shape index (κ2) is 28.6. The molecule has 5 rings (SSSR count). The standard InChI is InChI=1S/C26H18N6.2C4H10O.3CH3.2Fe/c1-5-19-13-20(6-1)28-16-24-10-4-12-26(32-24)18-30-22-8-2-7-21(14-22)29-17-25-11-3-9-23(31-25)15-27-19;2*1-3-5-4-2;;;;;/h1-18H;2*3-4H2,1-2H3;3*1H3;;/q;;;3*-1;;+2. The van der Waals surface area contributed by atoms with Crippen molar-refractivity contribution in [3.8, 4) is 0 Å². The maximum Gasteiger partial charge on any atom is 2.00 e. The molecule has 0 radical (unpaired) electrons. The maximum absolute atomic E-state index is 4.83. The van der Waals surface area contributed by atoms with Crippen LogP contribution >= 0.6 is 0 Å². The van der Waals surface area contributed by atoms with Gasteiger partial charge < -0.3 is 31.8 Å². The summed E-state index contributed by atoms with van der Waals surface area (Å²) in [6, 6.07) is 26.9. The van der Waals surface area contributed by atoms with Crippen LogP contribution in [0, 0.1) is 22.3 Å². The molecular weight excluding hydrogens is 672 g/mol. The Bertz CT molecular complexity index is 1200. The van der Waals surface area contributed by atoms with Crippen LogP contribution < -0.4 is 0 Å². The van der Waals surface area contributed by atoms with E-state index in [1.807, 2.05) is 113 Å². The first-order chi connectivity index (χ1) is 20.6. The average molecular weight is 720 g/mol. The van der Waals surface area contributed by atoms with Crippen LogP contribution in [0.5, 0.6) is 0 Å². The molecule has 8 nitrogen and oxygen atoms in total. The Labute approximate surface area is 304 Å². The fraction of sp³-hybridized carbons (Fsp3) is 0.216. The van der Waals surface area contributed by atoms with Gasteiger partial charge in [0.15, 0.2) is 0 Å². The summed E-state index contributed by atoms with van der Waals surface area (Å²) in [5.74, 6) is 0. The van der Waals surface area contributed by atoms with E-state index in [1.165, 1.54) is 0 Å². The fourth-order valence-corrected chi connectivity index (χ4v) is 3.50. The van der Waals surface area contributed by atoms with Crippen molar-refractivity contribution in [2.75, 3.05) is 26.4 Å². The van der Waals surface area contributed by atoms with Crippen LogP contribution in [0.1, 0.15) is 50.5 Å². The van der Waals surface area contributed by atoms with E-state index < -0.39 is 0 Å². The van der Waals surface area contributed by atoms with Crippen molar-refractivity contribution in [1.29, 1.82) is 0 Å². The number of aromatic nitrogens is 2. The smallest absolute Gasteiger partial charge is 0.382 e. The molecule has 254 valence electrons.